The van der Waals surface area contributed by atoms with Crippen molar-refractivity contribution in [2.24, 2.45) is 0 Å². The molecule has 8 nitrogen and oxygen atoms in total. The van der Waals surface area contributed by atoms with E-state index in [1.54, 1.807) is 7.11 Å². The molecule has 4 rings (SSSR count). The quantitative estimate of drug-likeness (QED) is 0.844. The zero-order valence-electron chi connectivity index (χ0n) is 14.1. The molecule has 0 bridgehead atoms. The standard InChI is InChI=1S/C16H24N6O2/c1-23-12-7-6-10-22(11-12)16-15(21-8-4-2-3-5-9-21)17-13-14(18-16)20-24-19-13/h12H,2-11H2,1H3/t12-/m1/s1. The van der Waals surface area contributed by atoms with Crippen LogP contribution in [-0.2, 0) is 4.74 Å². The van der Waals surface area contributed by atoms with Crippen LogP contribution in [0, 0.1) is 0 Å². The highest BCUT2D eigenvalue weighted by Gasteiger charge is 2.27. The summed E-state index contributed by atoms with van der Waals surface area (Å²) in [6, 6.07) is 0. The second kappa shape index (κ2) is 6.88. The van der Waals surface area contributed by atoms with Crippen molar-refractivity contribution in [1.82, 2.24) is 20.3 Å². The van der Waals surface area contributed by atoms with Crippen LogP contribution in [-0.4, -0.2) is 59.7 Å². The number of nitrogens with zero attached hydrogens (tertiary/aromatic N) is 6. The van der Waals surface area contributed by atoms with Crippen molar-refractivity contribution in [3.8, 4) is 0 Å². The Labute approximate surface area is 141 Å². The number of fused-ring (bicyclic) bond motifs is 1. The van der Waals surface area contributed by atoms with Gasteiger partial charge in [0.05, 0.1) is 6.10 Å². The number of hydrogen-bond acceptors (Lipinski definition) is 8. The molecule has 24 heavy (non-hydrogen) atoms. The van der Waals surface area contributed by atoms with Crippen molar-refractivity contribution in [2.45, 2.75) is 44.6 Å². The zero-order chi connectivity index (χ0) is 16.4. The van der Waals surface area contributed by atoms with Crippen LogP contribution in [0.25, 0.3) is 11.3 Å². The van der Waals surface area contributed by atoms with Crippen molar-refractivity contribution >= 4 is 22.9 Å². The van der Waals surface area contributed by atoms with Gasteiger partial charge >= 0.3 is 0 Å². The first-order chi connectivity index (χ1) is 11.8. The van der Waals surface area contributed by atoms with Crippen molar-refractivity contribution < 1.29 is 9.37 Å². The Morgan fingerprint density at radius 2 is 1.50 bits per heavy atom. The number of hydrogen-bond donors (Lipinski definition) is 0. The average Bonchev–Trinajstić information content (AvgIpc) is 2.92. The molecule has 130 valence electrons. The third kappa shape index (κ3) is 3.02. The fourth-order valence-electron chi connectivity index (χ4n) is 3.65. The molecular formula is C16H24N6O2. The van der Waals surface area contributed by atoms with Gasteiger partial charge in [-0.25, -0.2) is 14.6 Å². The molecule has 2 aliphatic heterocycles. The maximum Gasteiger partial charge on any atom is 0.245 e. The van der Waals surface area contributed by atoms with Gasteiger partial charge in [-0.15, -0.1) is 0 Å². The molecule has 2 aromatic rings. The number of anilines is 2. The van der Waals surface area contributed by atoms with Gasteiger partial charge in [0.2, 0.25) is 11.3 Å². The summed E-state index contributed by atoms with van der Waals surface area (Å²) in [6.45, 7) is 3.83. The molecule has 2 fully saturated rings. The Morgan fingerprint density at radius 3 is 2.17 bits per heavy atom. The molecule has 0 spiro atoms. The first-order valence-corrected chi connectivity index (χ1v) is 8.88. The number of aromatic nitrogens is 4. The van der Waals surface area contributed by atoms with Gasteiger partial charge in [-0.3, -0.25) is 0 Å². The van der Waals surface area contributed by atoms with E-state index in [2.05, 4.69) is 20.1 Å². The summed E-state index contributed by atoms with van der Waals surface area (Å²) in [7, 11) is 1.78. The summed E-state index contributed by atoms with van der Waals surface area (Å²) >= 11 is 0. The van der Waals surface area contributed by atoms with Crippen LogP contribution in [0.1, 0.15) is 38.5 Å². The maximum atomic E-state index is 5.57. The second-order valence-corrected chi connectivity index (χ2v) is 6.63. The van der Waals surface area contributed by atoms with Crippen molar-refractivity contribution in [2.75, 3.05) is 43.1 Å². The van der Waals surface area contributed by atoms with Crippen LogP contribution >= 0.6 is 0 Å². The SMILES string of the molecule is CO[C@@H]1CCCN(c2nc3nonc3nc2N2CCCCCC2)C1. The molecular weight excluding hydrogens is 308 g/mol. The van der Waals surface area contributed by atoms with Crippen molar-refractivity contribution in [3.05, 3.63) is 0 Å². The van der Waals surface area contributed by atoms with Crippen LogP contribution in [0.3, 0.4) is 0 Å². The molecule has 0 radical (unpaired) electrons. The Bertz CT molecular complexity index is 682. The van der Waals surface area contributed by atoms with E-state index in [4.69, 9.17) is 19.3 Å². The highest BCUT2D eigenvalue weighted by atomic mass is 16.6. The van der Waals surface area contributed by atoms with E-state index in [-0.39, 0.29) is 6.10 Å². The van der Waals surface area contributed by atoms with Gasteiger partial charge in [0.15, 0.2) is 11.6 Å². The summed E-state index contributed by atoms with van der Waals surface area (Å²) < 4.78 is 10.4. The third-order valence-corrected chi connectivity index (χ3v) is 4.99. The molecule has 0 N–H and O–H groups in total. The maximum absolute atomic E-state index is 5.57. The molecule has 2 aromatic heterocycles. The minimum Gasteiger partial charge on any atom is -0.380 e. The van der Waals surface area contributed by atoms with Gasteiger partial charge in [-0.1, -0.05) is 12.8 Å². The number of ether oxygens (including phenoxy) is 1. The molecule has 0 aliphatic carbocycles. The van der Waals surface area contributed by atoms with Crippen molar-refractivity contribution in [1.29, 1.82) is 0 Å². The van der Waals surface area contributed by atoms with E-state index in [9.17, 15) is 0 Å². The van der Waals surface area contributed by atoms with E-state index < -0.39 is 0 Å². The van der Waals surface area contributed by atoms with E-state index in [1.165, 1.54) is 25.7 Å². The fourth-order valence-corrected chi connectivity index (χ4v) is 3.65. The lowest BCUT2D eigenvalue weighted by atomic mass is 10.1. The minimum atomic E-state index is 0.240. The van der Waals surface area contributed by atoms with Crippen LogP contribution in [0.5, 0.6) is 0 Å². The van der Waals surface area contributed by atoms with Gasteiger partial charge in [0.25, 0.3) is 0 Å². The lowest BCUT2D eigenvalue weighted by Crippen LogP contribution is -2.41. The summed E-state index contributed by atoms with van der Waals surface area (Å²) in [5.41, 5.74) is 0.960. The van der Waals surface area contributed by atoms with Gasteiger partial charge in [0.1, 0.15) is 0 Å². The monoisotopic (exact) mass is 332 g/mol. The molecule has 1 atom stereocenters. The fraction of sp³-hybridized carbons (Fsp3) is 0.750. The van der Waals surface area contributed by atoms with Crippen LogP contribution in [0.15, 0.2) is 4.63 Å². The topological polar surface area (TPSA) is 80.4 Å². The van der Waals surface area contributed by atoms with Crippen LogP contribution in [0.4, 0.5) is 11.6 Å². The predicted octanol–water partition coefficient (Wildman–Crippen LogP) is 2.01. The number of piperidine rings is 1. The summed E-state index contributed by atoms with van der Waals surface area (Å²) in [6.07, 6.45) is 7.37. The molecule has 8 heteroatoms. The normalized spacial score (nSPS) is 22.8. The molecule has 2 saturated heterocycles. The summed E-state index contributed by atoms with van der Waals surface area (Å²) in [5.74, 6) is 1.80. The minimum absolute atomic E-state index is 0.240. The highest BCUT2D eigenvalue weighted by molar-refractivity contribution is 5.74. The lowest BCUT2D eigenvalue weighted by molar-refractivity contribution is 0.0891. The molecule has 0 saturated carbocycles. The second-order valence-electron chi connectivity index (χ2n) is 6.63. The Hall–Kier alpha value is -1.96. The Morgan fingerprint density at radius 1 is 0.875 bits per heavy atom. The number of rotatable bonds is 3. The van der Waals surface area contributed by atoms with Gasteiger partial charge in [-0.05, 0) is 36.0 Å². The van der Waals surface area contributed by atoms with Crippen LogP contribution < -0.4 is 9.80 Å². The first-order valence-electron chi connectivity index (χ1n) is 8.88. The Kier molecular flexibility index (Phi) is 4.46. The highest BCUT2D eigenvalue weighted by Crippen LogP contribution is 2.31. The molecule has 2 aliphatic rings. The van der Waals surface area contributed by atoms with Gasteiger partial charge < -0.3 is 14.5 Å². The third-order valence-electron chi connectivity index (χ3n) is 4.99. The predicted molar refractivity (Wildman–Crippen MR) is 90.3 cm³/mol. The van der Waals surface area contributed by atoms with Gasteiger partial charge in [0, 0.05) is 33.3 Å². The molecule has 0 unspecified atom stereocenters. The van der Waals surface area contributed by atoms with E-state index in [1.807, 2.05) is 0 Å². The Balaban J connectivity index is 1.72. The molecule has 4 heterocycles. The summed E-state index contributed by atoms with van der Waals surface area (Å²) in [4.78, 5) is 14.1. The van der Waals surface area contributed by atoms with E-state index >= 15 is 0 Å². The van der Waals surface area contributed by atoms with Crippen molar-refractivity contribution in [3.63, 3.8) is 0 Å². The zero-order valence-corrected chi connectivity index (χ0v) is 14.1. The van der Waals surface area contributed by atoms with Crippen LogP contribution in [0.2, 0.25) is 0 Å². The van der Waals surface area contributed by atoms with E-state index in [0.717, 1.165) is 50.7 Å². The molecule has 0 amide bonds. The van der Waals surface area contributed by atoms with E-state index in [0.29, 0.717) is 11.3 Å². The largest absolute Gasteiger partial charge is 0.380 e. The molecule has 0 aromatic carbocycles. The smallest absolute Gasteiger partial charge is 0.245 e. The van der Waals surface area contributed by atoms with Gasteiger partial charge in [-0.2, -0.15) is 0 Å². The summed E-state index contributed by atoms with van der Waals surface area (Å²) in [5, 5.41) is 7.77. The first kappa shape index (κ1) is 15.6. The average molecular weight is 332 g/mol. The lowest BCUT2D eigenvalue weighted by Gasteiger charge is -2.35. The number of methoxy groups -OCH3 is 1.